The normalized spacial score (nSPS) is 11.0. The van der Waals surface area contributed by atoms with Crippen LogP contribution in [0.5, 0.6) is 0 Å². The van der Waals surface area contributed by atoms with Crippen molar-refractivity contribution in [3.63, 3.8) is 0 Å². The van der Waals surface area contributed by atoms with Gasteiger partial charge in [0.25, 0.3) is 0 Å². The number of fused-ring (bicyclic) bond motifs is 1. The Morgan fingerprint density at radius 2 is 2.29 bits per heavy atom. The van der Waals surface area contributed by atoms with Gasteiger partial charge in [-0.1, -0.05) is 19.4 Å². The Kier molecular flexibility index (Phi) is 2.87. The standard InChI is InChI=1S/C11H13BrN2/c1-2-3-6-9-11(12)14-8-5-4-7-10(14)13-9/h4-5,7-8H,2-3,6H2,1H3. The lowest BCUT2D eigenvalue weighted by Gasteiger charge is -1.95. The number of hydrogen-bond donors (Lipinski definition) is 0. The van der Waals surface area contributed by atoms with Crippen LogP contribution in [0.15, 0.2) is 29.0 Å². The predicted molar refractivity (Wildman–Crippen MR) is 61.5 cm³/mol. The number of rotatable bonds is 3. The van der Waals surface area contributed by atoms with Crippen LogP contribution in [-0.4, -0.2) is 9.38 Å². The van der Waals surface area contributed by atoms with Crippen LogP contribution < -0.4 is 0 Å². The van der Waals surface area contributed by atoms with E-state index in [9.17, 15) is 0 Å². The summed E-state index contributed by atoms with van der Waals surface area (Å²) in [5.74, 6) is 0. The Morgan fingerprint density at radius 1 is 1.43 bits per heavy atom. The fourth-order valence-electron chi connectivity index (χ4n) is 1.52. The Morgan fingerprint density at radius 3 is 3.00 bits per heavy atom. The second-order valence-electron chi connectivity index (χ2n) is 3.38. The molecule has 2 nitrogen and oxygen atoms in total. The second-order valence-corrected chi connectivity index (χ2v) is 4.13. The third-order valence-corrected chi connectivity index (χ3v) is 3.14. The molecule has 2 heterocycles. The van der Waals surface area contributed by atoms with Gasteiger partial charge in [0.1, 0.15) is 10.3 Å². The van der Waals surface area contributed by atoms with Gasteiger partial charge in [-0.2, -0.15) is 0 Å². The first-order valence-corrected chi connectivity index (χ1v) is 5.73. The fraction of sp³-hybridized carbons (Fsp3) is 0.364. The predicted octanol–water partition coefficient (Wildman–Crippen LogP) is 3.44. The molecule has 0 atom stereocenters. The van der Waals surface area contributed by atoms with Crippen molar-refractivity contribution >= 4 is 21.6 Å². The van der Waals surface area contributed by atoms with E-state index in [0.29, 0.717) is 0 Å². The smallest absolute Gasteiger partial charge is 0.137 e. The minimum Gasteiger partial charge on any atom is -0.294 e. The van der Waals surface area contributed by atoms with Crippen molar-refractivity contribution in [2.24, 2.45) is 0 Å². The highest BCUT2D eigenvalue weighted by atomic mass is 79.9. The maximum absolute atomic E-state index is 4.57. The molecule has 0 bridgehead atoms. The van der Waals surface area contributed by atoms with E-state index in [1.807, 2.05) is 24.4 Å². The molecule has 0 aromatic carbocycles. The van der Waals surface area contributed by atoms with Crippen LogP contribution in [0.4, 0.5) is 0 Å². The molecule has 0 saturated carbocycles. The molecular formula is C11H13BrN2. The van der Waals surface area contributed by atoms with Crippen molar-refractivity contribution in [2.45, 2.75) is 26.2 Å². The molecule has 2 aromatic rings. The largest absolute Gasteiger partial charge is 0.294 e. The minimum atomic E-state index is 1.02. The van der Waals surface area contributed by atoms with Gasteiger partial charge in [0.2, 0.25) is 0 Å². The third kappa shape index (κ3) is 1.69. The van der Waals surface area contributed by atoms with E-state index in [2.05, 4.69) is 32.2 Å². The highest BCUT2D eigenvalue weighted by Gasteiger charge is 2.07. The van der Waals surface area contributed by atoms with Gasteiger partial charge < -0.3 is 0 Å². The van der Waals surface area contributed by atoms with Gasteiger partial charge in [-0.25, -0.2) is 4.98 Å². The minimum absolute atomic E-state index is 1.02. The number of halogens is 1. The van der Waals surface area contributed by atoms with Gasteiger partial charge in [-0.05, 0) is 40.9 Å². The Labute approximate surface area is 92.1 Å². The number of aromatic nitrogens is 2. The monoisotopic (exact) mass is 252 g/mol. The van der Waals surface area contributed by atoms with Gasteiger partial charge in [0.05, 0.1) is 5.69 Å². The van der Waals surface area contributed by atoms with Gasteiger partial charge in [-0.15, -0.1) is 0 Å². The molecule has 0 aliphatic carbocycles. The summed E-state index contributed by atoms with van der Waals surface area (Å²) in [5.41, 5.74) is 2.18. The van der Waals surface area contributed by atoms with E-state index < -0.39 is 0 Å². The summed E-state index contributed by atoms with van der Waals surface area (Å²) < 4.78 is 3.17. The molecule has 0 radical (unpaired) electrons. The highest BCUT2D eigenvalue weighted by molar-refractivity contribution is 9.10. The van der Waals surface area contributed by atoms with Crippen LogP contribution in [0.25, 0.3) is 5.65 Å². The second kappa shape index (κ2) is 4.13. The number of hydrogen-bond acceptors (Lipinski definition) is 1. The summed E-state index contributed by atoms with van der Waals surface area (Å²) in [7, 11) is 0. The number of pyridine rings is 1. The van der Waals surface area contributed by atoms with Crippen molar-refractivity contribution in [1.82, 2.24) is 9.38 Å². The number of unbranched alkanes of at least 4 members (excludes halogenated alkanes) is 1. The molecule has 14 heavy (non-hydrogen) atoms. The summed E-state index contributed by atoms with van der Waals surface area (Å²) in [5, 5.41) is 0. The number of aryl methyl sites for hydroxylation is 1. The zero-order valence-electron chi connectivity index (χ0n) is 8.20. The van der Waals surface area contributed by atoms with Crippen LogP contribution in [0, 0.1) is 0 Å². The first-order chi connectivity index (χ1) is 6.83. The zero-order valence-corrected chi connectivity index (χ0v) is 9.79. The lowest BCUT2D eigenvalue weighted by Crippen LogP contribution is -1.86. The first-order valence-electron chi connectivity index (χ1n) is 4.94. The van der Waals surface area contributed by atoms with Crippen LogP contribution in [-0.2, 0) is 6.42 Å². The van der Waals surface area contributed by atoms with E-state index in [1.165, 1.54) is 12.8 Å². The maximum atomic E-state index is 4.57. The molecule has 74 valence electrons. The molecule has 0 saturated heterocycles. The molecule has 2 aromatic heterocycles. The van der Waals surface area contributed by atoms with Gasteiger partial charge in [-0.3, -0.25) is 4.40 Å². The lowest BCUT2D eigenvalue weighted by molar-refractivity contribution is 0.778. The number of imidazole rings is 1. The molecule has 2 rings (SSSR count). The average molecular weight is 253 g/mol. The molecule has 3 heteroatoms. The topological polar surface area (TPSA) is 17.3 Å². The molecule has 0 fully saturated rings. The van der Waals surface area contributed by atoms with Gasteiger partial charge >= 0.3 is 0 Å². The number of nitrogens with zero attached hydrogens (tertiary/aromatic N) is 2. The summed E-state index contributed by atoms with van der Waals surface area (Å²) in [4.78, 5) is 4.57. The summed E-state index contributed by atoms with van der Waals surface area (Å²) in [6.07, 6.45) is 5.49. The van der Waals surface area contributed by atoms with E-state index in [0.717, 1.165) is 22.4 Å². The average Bonchev–Trinajstić information content (AvgIpc) is 2.54. The summed E-state index contributed by atoms with van der Waals surface area (Å²) >= 11 is 3.58. The summed E-state index contributed by atoms with van der Waals surface area (Å²) in [6, 6.07) is 6.06. The molecule has 0 aliphatic rings. The van der Waals surface area contributed by atoms with E-state index in [-0.39, 0.29) is 0 Å². The first kappa shape index (κ1) is 9.71. The molecule has 0 unspecified atom stereocenters. The lowest BCUT2D eigenvalue weighted by atomic mass is 10.2. The molecule has 0 N–H and O–H groups in total. The van der Waals surface area contributed by atoms with Gasteiger partial charge in [0.15, 0.2) is 0 Å². The van der Waals surface area contributed by atoms with Crippen LogP contribution in [0.1, 0.15) is 25.5 Å². The van der Waals surface area contributed by atoms with Crippen LogP contribution >= 0.6 is 15.9 Å². The molecule has 0 spiro atoms. The Balaban J connectivity index is 2.41. The molecule has 0 aliphatic heterocycles. The Hall–Kier alpha value is -0.830. The van der Waals surface area contributed by atoms with Crippen LogP contribution in [0.3, 0.4) is 0 Å². The quantitative estimate of drug-likeness (QED) is 0.819. The van der Waals surface area contributed by atoms with Crippen LogP contribution in [0.2, 0.25) is 0 Å². The SMILES string of the molecule is CCCCc1nc2ccccn2c1Br. The summed E-state index contributed by atoms with van der Waals surface area (Å²) in [6.45, 7) is 2.20. The van der Waals surface area contributed by atoms with Crippen molar-refractivity contribution in [3.05, 3.63) is 34.7 Å². The van der Waals surface area contributed by atoms with E-state index in [4.69, 9.17) is 0 Å². The molecular weight excluding hydrogens is 240 g/mol. The van der Waals surface area contributed by atoms with Crippen molar-refractivity contribution in [2.75, 3.05) is 0 Å². The molecule has 0 amide bonds. The van der Waals surface area contributed by atoms with E-state index in [1.54, 1.807) is 0 Å². The zero-order chi connectivity index (χ0) is 9.97. The van der Waals surface area contributed by atoms with E-state index >= 15 is 0 Å². The maximum Gasteiger partial charge on any atom is 0.137 e. The fourth-order valence-corrected chi connectivity index (χ4v) is 2.10. The van der Waals surface area contributed by atoms with Gasteiger partial charge in [0, 0.05) is 6.20 Å². The third-order valence-electron chi connectivity index (χ3n) is 2.30. The van der Waals surface area contributed by atoms with Crippen molar-refractivity contribution in [1.29, 1.82) is 0 Å². The van der Waals surface area contributed by atoms with Crippen molar-refractivity contribution in [3.8, 4) is 0 Å². The highest BCUT2D eigenvalue weighted by Crippen LogP contribution is 2.20. The van der Waals surface area contributed by atoms with Crippen molar-refractivity contribution < 1.29 is 0 Å². The Bertz CT molecular complexity index is 434.